The second-order valence-corrected chi connectivity index (χ2v) is 6.38. The molecule has 1 aromatic heterocycles. The molecule has 2 aromatic carbocycles. The number of H-pyrrole nitrogens is 1. The van der Waals surface area contributed by atoms with Gasteiger partial charge in [0.2, 0.25) is 11.8 Å². The van der Waals surface area contributed by atoms with Gasteiger partial charge in [-0.2, -0.15) is 0 Å². The summed E-state index contributed by atoms with van der Waals surface area (Å²) in [7, 11) is 0. The van der Waals surface area contributed by atoms with E-state index in [1.165, 1.54) is 0 Å². The van der Waals surface area contributed by atoms with E-state index in [-0.39, 0.29) is 12.3 Å². The number of hydrogen-bond donors (Lipinski definition) is 2. The Morgan fingerprint density at radius 2 is 1.88 bits per heavy atom. The molecular weight excluding hydrogens is 314 g/mol. The van der Waals surface area contributed by atoms with E-state index >= 15 is 0 Å². The average molecular weight is 333 g/mol. The van der Waals surface area contributed by atoms with Crippen molar-refractivity contribution in [3.8, 4) is 0 Å². The third-order valence-corrected chi connectivity index (χ3v) is 4.89. The number of carbonyl (C=O) groups excluding carboxylic acids is 2. The molecule has 0 fully saturated rings. The van der Waals surface area contributed by atoms with Gasteiger partial charge in [-0.15, -0.1) is 0 Å². The van der Waals surface area contributed by atoms with Gasteiger partial charge in [0.15, 0.2) is 0 Å². The number of primary amides is 1. The number of nitrogens with two attached hydrogens (primary N) is 1. The first kappa shape index (κ1) is 15.4. The summed E-state index contributed by atoms with van der Waals surface area (Å²) in [5.74, 6) is -0.567. The summed E-state index contributed by atoms with van der Waals surface area (Å²) in [4.78, 5) is 29.8. The van der Waals surface area contributed by atoms with E-state index in [0.717, 1.165) is 34.0 Å². The fourth-order valence-corrected chi connectivity index (χ4v) is 3.68. The Kier molecular flexibility index (Phi) is 3.76. The van der Waals surface area contributed by atoms with Crippen molar-refractivity contribution in [1.82, 2.24) is 9.88 Å². The van der Waals surface area contributed by atoms with Gasteiger partial charge in [-0.25, -0.2) is 0 Å². The lowest BCUT2D eigenvalue weighted by atomic mass is 9.91. The molecule has 5 nitrogen and oxygen atoms in total. The molecular formula is C20H19N3O2. The van der Waals surface area contributed by atoms with E-state index in [4.69, 9.17) is 5.73 Å². The van der Waals surface area contributed by atoms with Crippen LogP contribution in [0, 0.1) is 0 Å². The standard InChI is InChI=1S/C20H19N3O2/c21-20(25)19-16-7-2-1-5-13(16)9-10-23(19)18(24)11-14-12-22-17-8-4-3-6-15(14)17/h1-8,12,19,22H,9-11H2,(H2,21,25). The fourth-order valence-electron chi connectivity index (χ4n) is 3.68. The number of aromatic nitrogens is 1. The van der Waals surface area contributed by atoms with Crippen LogP contribution in [0.25, 0.3) is 10.9 Å². The molecule has 2 amide bonds. The van der Waals surface area contributed by atoms with Gasteiger partial charge in [0, 0.05) is 23.6 Å². The maximum atomic E-state index is 12.9. The lowest BCUT2D eigenvalue weighted by Crippen LogP contribution is -2.46. The number of nitrogens with one attached hydrogen (secondary N) is 1. The lowest BCUT2D eigenvalue weighted by Gasteiger charge is -2.35. The molecule has 1 aliphatic rings. The van der Waals surface area contributed by atoms with Gasteiger partial charge in [-0.05, 0) is 29.2 Å². The highest BCUT2D eigenvalue weighted by Gasteiger charge is 2.34. The Morgan fingerprint density at radius 1 is 1.12 bits per heavy atom. The van der Waals surface area contributed by atoms with Gasteiger partial charge in [0.25, 0.3) is 0 Å². The minimum atomic E-state index is -0.692. The van der Waals surface area contributed by atoms with E-state index in [1.807, 2.05) is 54.7 Å². The summed E-state index contributed by atoms with van der Waals surface area (Å²) in [6, 6.07) is 14.9. The van der Waals surface area contributed by atoms with E-state index in [2.05, 4.69) is 4.98 Å². The summed E-state index contributed by atoms with van der Waals surface area (Å²) in [5.41, 5.74) is 9.50. The van der Waals surface area contributed by atoms with Gasteiger partial charge in [-0.1, -0.05) is 42.5 Å². The topological polar surface area (TPSA) is 79.2 Å². The summed E-state index contributed by atoms with van der Waals surface area (Å²) in [5, 5.41) is 1.03. The lowest BCUT2D eigenvalue weighted by molar-refractivity contribution is -0.139. The molecule has 3 N–H and O–H groups in total. The number of para-hydroxylation sites is 1. The first-order valence-electron chi connectivity index (χ1n) is 8.37. The molecule has 1 aliphatic heterocycles. The Morgan fingerprint density at radius 3 is 2.72 bits per heavy atom. The molecule has 0 saturated heterocycles. The van der Waals surface area contributed by atoms with Crippen LogP contribution in [-0.2, 0) is 22.4 Å². The molecule has 2 heterocycles. The monoisotopic (exact) mass is 333 g/mol. The molecule has 3 aromatic rings. The van der Waals surface area contributed by atoms with Gasteiger partial charge in [0.1, 0.15) is 6.04 Å². The number of benzene rings is 2. The van der Waals surface area contributed by atoms with Crippen molar-refractivity contribution in [3.05, 3.63) is 71.4 Å². The van der Waals surface area contributed by atoms with E-state index < -0.39 is 11.9 Å². The zero-order valence-corrected chi connectivity index (χ0v) is 13.7. The zero-order valence-electron chi connectivity index (χ0n) is 13.7. The van der Waals surface area contributed by atoms with Gasteiger partial charge >= 0.3 is 0 Å². The minimum absolute atomic E-state index is 0.0805. The van der Waals surface area contributed by atoms with Crippen LogP contribution in [0.2, 0.25) is 0 Å². The van der Waals surface area contributed by atoms with Gasteiger partial charge in [0.05, 0.1) is 6.42 Å². The third kappa shape index (κ3) is 2.67. The summed E-state index contributed by atoms with van der Waals surface area (Å²) in [6.45, 7) is 0.506. The van der Waals surface area contributed by atoms with Crippen molar-refractivity contribution in [2.75, 3.05) is 6.54 Å². The third-order valence-electron chi connectivity index (χ3n) is 4.89. The van der Waals surface area contributed by atoms with Crippen LogP contribution in [0.5, 0.6) is 0 Å². The largest absolute Gasteiger partial charge is 0.368 e. The highest BCUT2D eigenvalue weighted by molar-refractivity contribution is 5.92. The molecule has 4 rings (SSSR count). The molecule has 0 radical (unpaired) electrons. The van der Waals surface area contributed by atoms with Crippen LogP contribution in [0.4, 0.5) is 0 Å². The van der Waals surface area contributed by atoms with Crippen molar-refractivity contribution in [2.45, 2.75) is 18.9 Å². The number of nitrogens with zero attached hydrogens (tertiary/aromatic N) is 1. The summed E-state index contributed by atoms with van der Waals surface area (Å²) >= 11 is 0. The fraction of sp³-hybridized carbons (Fsp3) is 0.200. The number of fused-ring (bicyclic) bond motifs is 2. The van der Waals surface area contributed by atoms with Crippen LogP contribution in [0.1, 0.15) is 22.7 Å². The predicted molar refractivity (Wildman–Crippen MR) is 95.8 cm³/mol. The maximum Gasteiger partial charge on any atom is 0.244 e. The average Bonchev–Trinajstić information content (AvgIpc) is 3.03. The molecule has 0 aliphatic carbocycles. The number of aromatic amines is 1. The van der Waals surface area contributed by atoms with Crippen molar-refractivity contribution >= 4 is 22.7 Å². The van der Waals surface area contributed by atoms with Crippen LogP contribution >= 0.6 is 0 Å². The van der Waals surface area contributed by atoms with Crippen molar-refractivity contribution in [3.63, 3.8) is 0 Å². The summed E-state index contributed by atoms with van der Waals surface area (Å²) < 4.78 is 0. The molecule has 1 unspecified atom stereocenters. The van der Waals surface area contributed by atoms with Crippen LogP contribution < -0.4 is 5.73 Å². The van der Waals surface area contributed by atoms with Crippen LogP contribution in [-0.4, -0.2) is 28.2 Å². The second kappa shape index (κ2) is 6.09. The van der Waals surface area contributed by atoms with Crippen molar-refractivity contribution < 1.29 is 9.59 Å². The Labute approximate surface area is 145 Å². The summed E-state index contributed by atoms with van der Waals surface area (Å²) in [6.07, 6.45) is 2.84. The van der Waals surface area contributed by atoms with Gasteiger partial charge in [-0.3, -0.25) is 9.59 Å². The van der Waals surface area contributed by atoms with Crippen LogP contribution in [0.3, 0.4) is 0 Å². The number of rotatable bonds is 3. The quantitative estimate of drug-likeness (QED) is 0.771. The van der Waals surface area contributed by atoms with Crippen LogP contribution in [0.15, 0.2) is 54.7 Å². The van der Waals surface area contributed by atoms with E-state index in [9.17, 15) is 9.59 Å². The van der Waals surface area contributed by atoms with E-state index in [0.29, 0.717) is 6.54 Å². The normalized spacial score (nSPS) is 16.6. The number of carbonyl (C=O) groups is 2. The second-order valence-electron chi connectivity index (χ2n) is 6.38. The number of hydrogen-bond acceptors (Lipinski definition) is 2. The smallest absolute Gasteiger partial charge is 0.244 e. The molecule has 0 bridgehead atoms. The highest BCUT2D eigenvalue weighted by Crippen LogP contribution is 2.30. The minimum Gasteiger partial charge on any atom is -0.368 e. The molecule has 0 saturated carbocycles. The molecule has 0 spiro atoms. The Hall–Kier alpha value is -3.08. The Balaban J connectivity index is 1.64. The molecule has 25 heavy (non-hydrogen) atoms. The Bertz CT molecular complexity index is 960. The first-order chi connectivity index (χ1) is 12.1. The molecule has 126 valence electrons. The zero-order chi connectivity index (χ0) is 17.4. The van der Waals surface area contributed by atoms with Gasteiger partial charge < -0.3 is 15.6 Å². The first-order valence-corrected chi connectivity index (χ1v) is 8.37. The maximum absolute atomic E-state index is 12.9. The van der Waals surface area contributed by atoms with E-state index in [1.54, 1.807) is 4.90 Å². The number of amides is 2. The highest BCUT2D eigenvalue weighted by atomic mass is 16.2. The van der Waals surface area contributed by atoms with Crippen molar-refractivity contribution in [1.29, 1.82) is 0 Å². The van der Waals surface area contributed by atoms with Crippen molar-refractivity contribution in [2.24, 2.45) is 5.73 Å². The SMILES string of the molecule is NC(=O)C1c2ccccc2CCN1C(=O)Cc1c[nH]c2ccccc12. The molecule has 5 heteroatoms. The predicted octanol–water partition coefficient (Wildman–Crippen LogP) is 2.32. The molecule has 1 atom stereocenters.